The number of nitro benzene ring substituents is 1. The first-order valence-corrected chi connectivity index (χ1v) is 12.9. The number of fused-ring (bicyclic) bond motifs is 1. The largest absolute Gasteiger partial charge is 0.496 e. The number of nitrogens with zero attached hydrogens (tertiary/aromatic N) is 3. The monoisotopic (exact) mass is 528 g/mol. The minimum Gasteiger partial charge on any atom is -0.496 e. The summed E-state index contributed by atoms with van der Waals surface area (Å²) in [6.07, 6.45) is 3.22. The van der Waals surface area contributed by atoms with E-state index in [1.165, 1.54) is 29.2 Å². The summed E-state index contributed by atoms with van der Waals surface area (Å²) in [5, 5.41) is 12.3. The van der Waals surface area contributed by atoms with Crippen molar-refractivity contribution in [2.75, 3.05) is 26.7 Å². The predicted molar refractivity (Wildman–Crippen MR) is 150 cm³/mol. The number of methoxy groups -OCH3 is 1. The lowest BCUT2D eigenvalue weighted by Gasteiger charge is -2.28. The Morgan fingerprint density at radius 2 is 1.72 bits per heavy atom. The molecular weight excluding hydrogens is 496 g/mol. The first kappa shape index (κ1) is 27.4. The molecule has 0 fully saturated rings. The van der Waals surface area contributed by atoms with E-state index in [0.29, 0.717) is 38.2 Å². The minimum absolute atomic E-state index is 0.140. The maximum Gasteiger partial charge on any atom is 0.270 e. The number of amides is 2. The average molecular weight is 529 g/mol. The molecule has 0 unspecified atom stereocenters. The van der Waals surface area contributed by atoms with Crippen LogP contribution < -0.4 is 4.74 Å². The van der Waals surface area contributed by atoms with E-state index in [0.717, 1.165) is 22.0 Å². The summed E-state index contributed by atoms with van der Waals surface area (Å²) < 4.78 is 5.52. The number of H-pyrrole nitrogens is 1. The summed E-state index contributed by atoms with van der Waals surface area (Å²) >= 11 is 0. The number of nitro groups is 1. The molecule has 9 heteroatoms. The van der Waals surface area contributed by atoms with E-state index in [4.69, 9.17) is 4.74 Å². The molecule has 0 saturated heterocycles. The topological polar surface area (TPSA) is 109 Å². The third-order valence-electron chi connectivity index (χ3n) is 6.64. The molecule has 4 rings (SSSR count). The Bertz CT molecular complexity index is 1460. The zero-order chi connectivity index (χ0) is 27.8. The molecule has 0 aliphatic rings. The third-order valence-corrected chi connectivity index (χ3v) is 6.64. The number of aromatic amines is 1. The molecule has 39 heavy (non-hydrogen) atoms. The molecular formula is C30H32N4O5. The number of nitrogens with one attached hydrogen (secondary N) is 1. The molecule has 0 radical (unpaired) electrons. The number of carbonyl (C=O) groups excluding carboxylic acids is 2. The number of rotatable bonds is 12. The van der Waals surface area contributed by atoms with Crippen LogP contribution in [0.3, 0.4) is 0 Å². The van der Waals surface area contributed by atoms with Gasteiger partial charge in [0.25, 0.3) is 11.6 Å². The molecule has 1 heterocycles. The second kappa shape index (κ2) is 12.7. The van der Waals surface area contributed by atoms with Crippen LogP contribution in [-0.4, -0.2) is 58.3 Å². The lowest BCUT2D eigenvalue weighted by molar-refractivity contribution is -0.384. The van der Waals surface area contributed by atoms with Gasteiger partial charge in [0.05, 0.1) is 12.0 Å². The predicted octanol–water partition coefficient (Wildman–Crippen LogP) is 5.21. The van der Waals surface area contributed by atoms with E-state index >= 15 is 0 Å². The van der Waals surface area contributed by atoms with Gasteiger partial charge >= 0.3 is 0 Å². The van der Waals surface area contributed by atoms with Crippen molar-refractivity contribution >= 4 is 28.4 Å². The Morgan fingerprint density at radius 1 is 0.949 bits per heavy atom. The zero-order valence-corrected chi connectivity index (χ0v) is 22.1. The highest BCUT2D eigenvalue weighted by atomic mass is 16.6. The maximum absolute atomic E-state index is 13.7. The summed E-state index contributed by atoms with van der Waals surface area (Å²) in [6.45, 7) is 2.87. The number of non-ortho nitro benzene ring substituents is 1. The molecule has 0 saturated carbocycles. The van der Waals surface area contributed by atoms with Crippen LogP contribution in [0, 0.1) is 10.1 Å². The Morgan fingerprint density at radius 3 is 2.49 bits per heavy atom. The fourth-order valence-corrected chi connectivity index (χ4v) is 4.65. The Hall–Kier alpha value is -4.66. The number of hydrogen-bond donors (Lipinski definition) is 1. The molecule has 2 amide bonds. The fraction of sp³-hybridized carbons (Fsp3) is 0.267. The standard InChI is InChI=1S/C30H32N4O5/c1-3-16-33(30(36)22-10-8-11-25(18-22)34(37)38)21-29(35)32(20-24-9-4-7-14-28(24)39-2)17-15-23-19-31-27-13-6-5-12-26(23)27/h4-14,18-19,31H,3,15-17,20-21H2,1-2H3. The van der Waals surface area contributed by atoms with E-state index in [1.54, 1.807) is 12.0 Å². The molecule has 0 atom stereocenters. The van der Waals surface area contributed by atoms with Crippen LogP contribution in [0.4, 0.5) is 5.69 Å². The van der Waals surface area contributed by atoms with Crippen LogP contribution in [0.5, 0.6) is 5.75 Å². The lowest BCUT2D eigenvalue weighted by atomic mass is 10.1. The van der Waals surface area contributed by atoms with Gasteiger partial charge in [-0.15, -0.1) is 0 Å². The van der Waals surface area contributed by atoms with Gasteiger partial charge in [-0.1, -0.05) is 49.4 Å². The van der Waals surface area contributed by atoms with Crippen LogP contribution >= 0.6 is 0 Å². The smallest absolute Gasteiger partial charge is 0.270 e. The molecule has 1 aromatic heterocycles. The molecule has 9 nitrogen and oxygen atoms in total. The van der Waals surface area contributed by atoms with Crippen molar-refractivity contribution in [3.63, 3.8) is 0 Å². The summed E-state index contributed by atoms with van der Waals surface area (Å²) in [6, 6.07) is 21.2. The van der Waals surface area contributed by atoms with Crippen molar-refractivity contribution in [1.29, 1.82) is 0 Å². The van der Waals surface area contributed by atoms with Gasteiger partial charge in [0.2, 0.25) is 5.91 Å². The first-order chi connectivity index (χ1) is 18.9. The SMILES string of the molecule is CCCN(CC(=O)N(CCc1c[nH]c2ccccc12)Cc1ccccc1OC)C(=O)c1cccc([N+](=O)[O-])c1. The van der Waals surface area contributed by atoms with E-state index in [9.17, 15) is 19.7 Å². The Kier molecular flexibility index (Phi) is 8.94. The van der Waals surface area contributed by atoms with Gasteiger partial charge in [-0.2, -0.15) is 0 Å². The zero-order valence-electron chi connectivity index (χ0n) is 22.1. The Balaban J connectivity index is 1.57. The number of aromatic nitrogens is 1. The van der Waals surface area contributed by atoms with Crippen molar-refractivity contribution in [3.05, 3.63) is 106 Å². The van der Waals surface area contributed by atoms with E-state index in [2.05, 4.69) is 4.98 Å². The molecule has 0 spiro atoms. The van der Waals surface area contributed by atoms with Crippen molar-refractivity contribution in [3.8, 4) is 5.75 Å². The Labute approximate surface area is 227 Å². The molecule has 4 aromatic rings. The summed E-state index contributed by atoms with van der Waals surface area (Å²) in [4.78, 5) is 44.2. The number of hydrogen-bond acceptors (Lipinski definition) is 5. The van der Waals surface area contributed by atoms with Gasteiger partial charge in [-0.05, 0) is 36.6 Å². The first-order valence-electron chi connectivity index (χ1n) is 12.9. The van der Waals surface area contributed by atoms with Crippen molar-refractivity contribution < 1.29 is 19.2 Å². The summed E-state index contributed by atoms with van der Waals surface area (Å²) in [7, 11) is 1.59. The van der Waals surface area contributed by atoms with Crippen LogP contribution in [0.1, 0.15) is 34.8 Å². The number of carbonyl (C=O) groups is 2. The van der Waals surface area contributed by atoms with Crippen LogP contribution in [0.25, 0.3) is 10.9 Å². The highest BCUT2D eigenvalue weighted by Crippen LogP contribution is 2.22. The lowest BCUT2D eigenvalue weighted by Crippen LogP contribution is -2.43. The molecule has 1 N–H and O–H groups in total. The maximum atomic E-state index is 13.7. The third kappa shape index (κ3) is 6.62. The number of ether oxygens (including phenoxy) is 1. The van der Waals surface area contributed by atoms with Gasteiger partial charge in [0.15, 0.2) is 0 Å². The van der Waals surface area contributed by atoms with Gasteiger partial charge in [-0.25, -0.2) is 0 Å². The van der Waals surface area contributed by atoms with E-state index in [1.807, 2.05) is 61.7 Å². The number of benzene rings is 3. The second-order valence-corrected chi connectivity index (χ2v) is 9.27. The minimum atomic E-state index is -0.536. The van der Waals surface area contributed by atoms with Gasteiger partial charge in [0, 0.05) is 60.0 Å². The molecule has 0 bridgehead atoms. The van der Waals surface area contributed by atoms with Crippen LogP contribution in [0.15, 0.2) is 79.0 Å². The summed E-state index contributed by atoms with van der Waals surface area (Å²) in [5.41, 5.74) is 3.01. The number of para-hydroxylation sites is 2. The average Bonchev–Trinajstić information content (AvgIpc) is 3.37. The van der Waals surface area contributed by atoms with Crippen molar-refractivity contribution in [1.82, 2.24) is 14.8 Å². The van der Waals surface area contributed by atoms with Crippen molar-refractivity contribution in [2.24, 2.45) is 0 Å². The molecule has 3 aromatic carbocycles. The van der Waals surface area contributed by atoms with Gasteiger partial charge < -0.3 is 19.5 Å². The fourth-order valence-electron chi connectivity index (χ4n) is 4.65. The molecule has 202 valence electrons. The normalized spacial score (nSPS) is 10.8. The summed E-state index contributed by atoms with van der Waals surface area (Å²) in [5.74, 6) is 0.0521. The van der Waals surface area contributed by atoms with Crippen LogP contribution in [0.2, 0.25) is 0 Å². The van der Waals surface area contributed by atoms with E-state index < -0.39 is 10.8 Å². The second-order valence-electron chi connectivity index (χ2n) is 9.27. The highest BCUT2D eigenvalue weighted by molar-refractivity contribution is 5.97. The quantitative estimate of drug-likeness (QED) is 0.201. The van der Waals surface area contributed by atoms with Gasteiger partial charge in [0.1, 0.15) is 12.3 Å². The highest BCUT2D eigenvalue weighted by Gasteiger charge is 2.24. The van der Waals surface area contributed by atoms with Gasteiger partial charge in [-0.3, -0.25) is 19.7 Å². The van der Waals surface area contributed by atoms with Crippen molar-refractivity contribution in [2.45, 2.75) is 26.3 Å². The van der Waals surface area contributed by atoms with Crippen LogP contribution in [-0.2, 0) is 17.8 Å². The molecule has 0 aliphatic carbocycles. The molecule has 0 aliphatic heterocycles. The van der Waals surface area contributed by atoms with E-state index in [-0.39, 0.29) is 23.7 Å².